The summed E-state index contributed by atoms with van der Waals surface area (Å²) in [6.45, 7) is 8.72. The van der Waals surface area contributed by atoms with Crippen molar-refractivity contribution in [2.45, 2.75) is 20.8 Å². The van der Waals surface area contributed by atoms with Crippen LogP contribution in [0.5, 0.6) is 11.5 Å². The maximum atomic E-state index is 12.2. The molecule has 0 aliphatic rings. The predicted molar refractivity (Wildman–Crippen MR) is 112 cm³/mol. The minimum Gasteiger partial charge on any atom is -0.493 e. The van der Waals surface area contributed by atoms with Crippen molar-refractivity contribution >= 4 is 17.3 Å². The van der Waals surface area contributed by atoms with Crippen LogP contribution >= 0.6 is 0 Å². The first-order valence-electron chi connectivity index (χ1n) is 9.64. The van der Waals surface area contributed by atoms with E-state index in [1.165, 1.54) is 0 Å². The monoisotopic (exact) mass is 386 g/mol. The van der Waals surface area contributed by atoms with Gasteiger partial charge in [-0.05, 0) is 49.2 Å². The molecule has 0 aliphatic carbocycles. The van der Waals surface area contributed by atoms with Crippen molar-refractivity contribution in [3.8, 4) is 11.5 Å². The number of amides is 1. The molecule has 6 heteroatoms. The van der Waals surface area contributed by atoms with E-state index in [0.29, 0.717) is 32.3 Å². The van der Waals surface area contributed by atoms with Gasteiger partial charge in [0.05, 0.1) is 19.8 Å². The van der Waals surface area contributed by atoms with Gasteiger partial charge in [-0.25, -0.2) is 0 Å². The molecule has 2 aromatic rings. The van der Waals surface area contributed by atoms with E-state index < -0.39 is 0 Å². The molecule has 1 amide bonds. The Labute approximate surface area is 167 Å². The largest absolute Gasteiger partial charge is 0.493 e. The number of rotatable bonds is 12. The molecule has 6 nitrogen and oxygen atoms in total. The Hall–Kier alpha value is -2.73. The van der Waals surface area contributed by atoms with Crippen LogP contribution in [0.4, 0.5) is 11.4 Å². The normalized spacial score (nSPS) is 10.6. The average Bonchev–Trinajstić information content (AvgIpc) is 2.70. The highest BCUT2D eigenvalue weighted by Gasteiger charge is 2.04. The molecular weight excluding hydrogens is 356 g/mol. The molecule has 0 saturated carbocycles. The third-order valence-corrected chi connectivity index (χ3v) is 3.71. The molecule has 2 rings (SSSR count). The number of benzene rings is 2. The molecule has 28 heavy (non-hydrogen) atoms. The van der Waals surface area contributed by atoms with Gasteiger partial charge in [0.1, 0.15) is 18.1 Å². The zero-order chi connectivity index (χ0) is 20.2. The first-order chi connectivity index (χ1) is 13.6. The summed E-state index contributed by atoms with van der Waals surface area (Å²) < 4.78 is 16.5. The van der Waals surface area contributed by atoms with Crippen molar-refractivity contribution in [1.29, 1.82) is 0 Å². The van der Waals surface area contributed by atoms with E-state index in [1.807, 2.05) is 55.5 Å². The van der Waals surface area contributed by atoms with Gasteiger partial charge in [0.25, 0.3) is 0 Å². The number of ether oxygens (including phenoxy) is 3. The van der Waals surface area contributed by atoms with Gasteiger partial charge in [-0.1, -0.05) is 19.9 Å². The fourth-order valence-electron chi connectivity index (χ4n) is 2.34. The third-order valence-electron chi connectivity index (χ3n) is 3.71. The minimum atomic E-state index is -0.126. The first kappa shape index (κ1) is 21.6. The summed E-state index contributed by atoms with van der Waals surface area (Å²) in [4.78, 5) is 12.2. The number of nitrogens with one attached hydrogen (secondary N) is 2. The Bertz CT molecular complexity index is 717. The third kappa shape index (κ3) is 8.31. The molecule has 0 unspecified atom stereocenters. The van der Waals surface area contributed by atoms with Crippen LogP contribution < -0.4 is 20.1 Å². The first-order valence-corrected chi connectivity index (χ1v) is 9.64. The average molecular weight is 386 g/mol. The van der Waals surface area contributed by atoms with Crippen LogP contribution in [0.15, 0.2) is 48.5 Å². The van der Waals surface area contributed by atoms with Crippen molar-refractivity contribution < 1.29 is 19.0 Å². The molecule has 0 aromatic heterocycles. The molecule has 0 saturated heterocycles. The van der Waals surface area contributed by atoms with Crippen molar-refractivity contribution in [2.75, 3.05) is 43.6 Å². The van der Waals surface area contributed by atoms with Gasteiger partial charge >= 0.3 is 0 Å². The summed E-state index contributed by atoms with van der Waals surface area (Å²) in [5.41, 5.74) is 1.56. The zero-order valence-electron chi connectivity index (χ0n) is 16.9. The number of anilines is 2. The Morgan fingerprint density at radius 2 is 1.75 bits per heavy atom. The van der Waals surface area contributed by atoms with E-state index in [4.69, 9.17) is 14.2 Å². The van der Waals surface area contributed by atoms with Crippen molar-refractivity contribution in [2.24, 2.45) is 5.92 Å². The van der Waals surface area contributed by atoms with Gasteiger partial charge < -0.3 is 24.8 Å². The SMILES string of the molecule is CCOCCOc1ccc(NC(=O)CNc2cccc(OCC(C)C)c2)cc1. The van der Waals surface area contributed by atoms with Gasteiger partial charge in [-0.15, -0.1) is 0 Å². The fourth-order valence-corrected chi connectivity index (χ4v) is 2.34. The topological polar surface area (TPSA) is 68.8 Å². The maximum Gasteiger partial charge on any atom is 0.243 e. The molecule has 2 aromatic carbocycles. The Morgan fingerprint density at radius 1 is 0.964 bits per heavy atom. The Kier molecular flexibility index (Phi) is 9.15. The highest BCUT2D eigenvalue weighted by atomic mass is 16.5. The summed E-state index contributed by atoms with van der Waals surface area (Å²) in [6, 6.07) is 14.9. The highest BCUT2D eigenvalue weighted by Crippen LogP contribution is 2.18. The molecule has 152 valence electrons. The van der Waals surface area contributed by atoms with E-state index in [1.54, 1.807) is 0 Å². The summed E-state index contributed by atoms with van der Waals surface area (Å²) >= 11 is 0. The lowest BCUT2D eigenvalue weighted by Crippen LogP contribution is -2.21. The van der Waals surface area contributed by atoms with E-state index in [9.17, 15) is 4.79 Å². The summed E-state index contributed by atoms with van der Waals surface area (Å²) in [7, 11) is 0. The van der Waals surface area contributed by atoms with Crippen molar-refractivity contribution in [1.82, 2.24) is 0 Å². The van der Waals surface area contributed by atoms with Crippen LogP contribution in [0, 0.1) is 5.92 Å². The Balaban J connectivity index is 1.75. The molecule has 2 N–H and O–H groups in total. The van der Waals surface area contributed by atoms with E-state index in [0.717, 1.165) is 22.9 Å². The molecule has 0 fully saturated rings. The Morgan fingerprint density at radius 3 is 2.46 bits per heavy atom. The second-order valence-electron chi connectivity index (χ2n) is 6.70. The van der Waals surface area contributed by atoms with Crippen LogP contribution in [0.1, 0.15) is 20.8 Å². The van der Waals surface area contributed by atoms with E-state index in [-0.39, 0.29) is 12.5 Å². The van der Waals surface area contributed by atoms with Gasteiger partial charge in [0.2, 0.25) is 5.91 Å². The predicted octanol–water partition coefficient (Wildman–Crippen LogP) is 4.19. The summed E-state index contributed by atoms with van der Waals surface area (Å²) in [5, 5.41) is 5.97. The molecule has 0 atom stereocenters. The summed E-state index contributed by atoms with van der Waals surface area (Å²) in [6.07, 6.45) is 0. The van der Waals surface area contributed by atoms with E-state index in [2.05, 4.69) is 24.5 Å². The number of hydrogen-bond acceptors (Lipinski definition) is 5. The molecule has 0 radical (unpaired) electrons. The lowest BCUT2D eigenvalue weighted by molar-refractivity contribution is -0.114. The summed E-state index contributed by atoms with van der Waals surface area (Å²) in [5.74, 6) is 1.87. The van der Waals surface area contributed by atoms with Crippen LogP contribution in [0.3, 0.4) is 0 Å². The van der Waals surface area contributed by atoms with Crippen LogP contribution in [0.25, 0.3) is 0 Å². The van der Waals surface area contributed by atoms with Crippen molar-refractivity contribution in [3.05, 3.63) is 48.5 Å². The fraction of sp³-hybridized carbons (Fsp3) is 0.409. The molecule has 0 aliphatic heterocycles. The lowest BCUT2D eigenvalue weighted by atomic mass is 10.2. The molecule has 0 spiro atoms. The lowest BCUT2D eigenvalue weighted by Gasteiger charge is -2.12. The highest BCUT2D eigenvalue weighted by molar-refractivity contribution is 5.93. The second-order valence-corrected chi connectivity index (χ2v) is 6.70. The molecular formula is C22H30N2O4. The zero-order valence-corrected chi connectivity index (χ0v) is 16.9. The number of carbonyl (C=O) groups excluding carboxylic acids is 1. The van der Waals surface area contributed by atoms with Crippen LogP contribution in [0.2, 0.25) is 0 Å². The van der Waals surface area contributed by atoms with Crippen molar-refractivity contribution in [3.63, 3.8) is 0 Å². The number of carbonyl (C=O) groups is 1. The van der Waals surface area contributed by atoms with Gasteiger partial charge in [-0.2, -0.15) is 0 Å². The molecule has 0 bridgehead atoms. The maximum absolute atomic E-state index is 12.2. The standard InChI is InChI=1S/C22H30N2O4/c1-4-26-12-13-27-20-10-8-18(9-11-20)24-22(25)15-23-19-6-5-7-21(14-19)28-16-17(2)3/h5-11,14,17,23H,4,12-13,15-16H2,1-3H3,(H,24,25). The molecule has 0 heterocycles. The number of hydrogen-bond donors (Lipinski definition) is 2. The van der Waals surface area contributed by atoms with Crippen LogP contribution in [-0.2, 0) is 9.53 Å². The minimum absolute atomic E-state index is 0.126. The van der Waals surface area contributed by atoms with Crippen LogP contribution in [-0.4, -0.2) is 38.9 Å². The smallest absolute Gasteiger partial charge is 0.243 e. The quantitative estimate of drug-likeness (QED) is 0.536. The van der Waals surface area contributed by atoms with E-state index >= 15 is 0 Å². The van der Waals surface area contributed by atoms with Gasteiger partial charge in [0, 0.05) is 24.0 Å². The second kappa shape index (κ2) is 11.9. The van der Waals surface area contributed by atoms with Gasteiger partial charge in [-0.3, -0.25) is 4.79 Å². The van der Waals surface area contributed by atoms with Gasteiger partial charge in [0.15, 0.2) is 0 Å².